The summed E-state index contributed by atoms with van der Waals surface area (Å²) < 4.78 is 7.75. The number of carbonyl (C=O) groups is 1. The second-order valence-corrected chi connectivity index (χ2v) is 11.2. The van der Waals surface area contributed by atoms with Crippen LogP contribution >= 0.6 is 0 Å². The minimum absolute atomic E-state index is 0.0383. The maximum Gasteiger partial charge on any atom is 0.258 e. The number of carbonyl (C=O) groups excluding carboxylic acids is 1. The van der Waals surface area contributed by atoms with Gasteiger partial charge in [0.25, 0.3) is 5.91 Å². The molecule has 0 saturated heterocycles. The van der Waals surface area contributed by atoms with Crippen LogP contribution in [0, 0.1) is 23.7 Å². The molecule has 166 valence electrons. The largest absolute Gasteiger partial charge is 0.472 e. The second-order valence-electron chi connectivity index (χ2n) is 11.2. The molecule has 6 rings (SSSR count). The van der Waals surface area contributed by atoms with E-state index in [1.165, 1.54) is 37.7 Å². The van der Waals surface area contributed by atoms with Gasteiger partial charge in [-0.15, -0.1) is 0 Å². The molecule has 1 N–H and O–H groups in total. The van der Waals surface area contributed by atoms with E-state index in [1.807, 2.05) is 7.05 Å². The lowest BCUT2D eigenvalue weighted by Gasteiger charge is -2.54. The van der Waals surface area contributed by atoms with E-state index in [1.54, 1.807) is 10.9 Å². The molecule has 4 bridgehead atoms. The van der Waals surface area contributed by atoms with Crippen LogP contribution in [0.5, 0.6) is 5.88 Å². The zero-order chi connectivity index (χ0) is 21.8. The molecule has 0 radical (unpaired) electrons. The summed E-state index contributed by atoms with van der Waals surface area (Å²) in [5, 5.41) is 7.69. The molecule has 0 aliphatic heterocycles. The van der Waals surface area contributed by atoms with Crippen LogP contribution in [0.25, 0.3) is 0 Å². The van der Waals surface area contributed by atoms with E-state index in [0.29, 0.717) is 35.9 Å². The highest BCUT2D eigenvalue weighted by molar-refractivity contribution is 5.96. The Kier molecular flexibility index (Phi) is 5.10. The summed E-state index contributed by atoms with van der Waals surface area (Å²) in [4.78, 5) is 13.2. The van der Waals surface area contributed by atoms with E-state index in [9.17, 15) is 4.79 Å². The van der Waals surface area contributed by atoms with Gasteiger partial charge < -0.3 is 10.1 Å². The molecule has 1 amide bonds. The summed E-state index contributed by atoms with van der Waals surface area (Å²) in [6.07, 6.45) is 8.23. The molecule has 0 spiro atoms. The molecule has 2 aromatic rings. The normalized spacial score (nSPS) is 29.2. The van der Waals surface area contributed by atoms with Crippen molar-refractivity contribution in [2.75, 3.05) is 0 Å². The zero-order valence-electron chi connectivity index (χ0n) is 19.2. The van der Waals surface area contributed by atoms with Gasteiger partial charge in [0.15, 0.2) is 0 Å². The maximum absolute atomic E-state index is 13.2. The number of benzene rings is 1. The number of rotatable bonds is 5. The minimum Gasteiger partial charge on any atom is -0.472 e. The fourth-order valence-corrected chi connectivity index (χ4v) is 6.40. The van der Waals surface area contributed by atoms with Gasteiger partial charge in [-0.1, -0.05) is 45.0 Å². The molecule has 1 heterocycles. The number of hydrogen-bond acceptors (Lipinski definition) is 3. The van der Waals surface area contributed by atoms with Gasteiger partial charge in [0.05, 0.1) is 6.20 Å². The number of nitrogens with one attached hydrogen (secondary N) is 1. The van der Waals surface area contributed by atoms with Crippen LogP contribution < -0.4 is 10.1 Å². The van der Waals surface area contributed by atoms with Crippen molar-refractivity contribution in [3.63, 3.8) is 0 Å². The third-order valence-corrected chi connectivity index (χ3v) is 7.85. The molecular formula is C26H35N3O2. The Morgan fingerprint density at radius 2 is 1.68 bits per heavy atom. The Morgan fingerprint density at radius 1 is 1.06 bits per heavy atom. The van der Waals surface area contributed by atoms with E-state index in [4.69, 9.17) is 4.74 Å². The lowest BCUT2D eigenvalue weighted by molar-refractivity contribution is -0.0120. The van der Waals surface area contributed by atoms with Crippen LogP contribution in [-0.4, -0.2) is 21.7 Å². The number of amides is 1. The molecule has 4 saturated carbocycles. The van der Waals surface area contributed by atoms with Crippen molar-refractivity contribution >= 4 is 5.91 Å². The Hall–Kier alpha value is -2.30. The fourth-order valence-electron chi connectivity index (χ4n) is 6.40. The molecular weight excluding hydrogens is 386 g/mol. The molecule has 4 fully saturated rings. The number of ether oxygens (including phenoxy) is 1. The standard InChI is InChI=1S/C26H35N3O2/c1-26(2,3)21-7-5-16(6-8-21)15-31-25-22(14-27-29(25)4)24(30)28-23-19-10-17-9-18(12-19)13-20(23)11-17/h5-8,14,17-20,23H,9-13,15H2,1-4H3,(H,28,30). The van der Waals surface area contributed by atoms with E-state index < -0.39 is 0 Å². The molecule has 1 aromatic heterocycles. The van der Waals surface area contributed by atoms with Gasteiger partial charge in [0.2, 0.25) is 5.88 Å². The van der Waals surface area contributed by atoms with Gasteiger partial charge in [-0.3, -0.25) is 4.79 Å². The van der Waals surface area contributed by atoms with Crippen molar-refractivity contribution in [1.82, 2.24) is 15.1 Å². The fraction of sp³-hybridized carbons (Fsp3) is 0.615. The van der Waals surface area contributed by atoms with E-state index in [2.05, 4.69) is 55.5 Å². The van der Waals surface area contributed by atoms with Gasteiger partial charge in [-0.2, -0.15) is 5.10 Å². The van der Waals surface area contributed by atoms with Crippen LogP contribution in [0.4, 0.5) is 0 Å². The summed E-state index contributed by atoms with van der Waals surface area (Å²) in [6, 6.07) is 8.83. The van der Waals surface area contributed by atoms with Crippen molar-refractivity contribution < 1.29 is 9.53 Å². The van der Waals surface area contributed by atoms with Crippen molar-refractivity contribution in [2.24, 2.45) is 30.7 Å². The van der Waals surface area contributed by atoms with E-state index in [0.717, 1.165) is 17.4 Å². The lowest BCUT2D eigenvalue weighted by Crippen LogP contribution is -2.55. The second kappa shape index (κ2) is 7.68. The first-order valence-electron chi connectivity index (χ1n) is 11.8. The first-order chi connectivity index (χ1) is 14.8. The summed E-state index contributed by atoms with van der Waals surface area (Å²) in [5.74, 6) is 3.62. The van der Waals surface area contributed by atoms with Crippen LogP contribution in [0.1, 0.15) is 74.4 Å². The average Bonchev–Trinajstić information content (AvgIpc) is 3.08. The van der Waals surface area contributed by atoms with Gasteiger partial charge in [0, 0.05) is 13.1 Å². The van der Waals surface area contributed by atoms with Crippen molar-refractivity contribution in [2.45, 2.75) is 70.9 Å². The first-order valence-corrected chi connectivity index (χ1v) is 11.8. The van der Waals surface area contributed by atoms with E-state index in [-0.39, 0.29) is 11.3 Å². The predicted octanol–water partition coefficient (Wildman–Crippen LogP) is 4.85. The van der Waals surface area contributed by atoms with Crippen LogP contribution in [-0.2, 0) is 19.1 Å². The van der Waals surface area contributed by atoms with Crippen LogP contribution in [0.2, 0.25) is 0 Å². The molecule has 4 aliphatic rings. The molecule has 5 heteroatoms. The zero-order valence-corrected chi connectivity index (χ0v) is 19.2. The highest BCUT2D eigenvalue weighted by Gasteiger charge is 2.48. The van der Waals surface area contributed by atoms with Crippen molar-refractivity contribution in [3.05, 3.63) is 47.2 Å². The topological polar surface area (TPSA) is 56.2 Å². The summed E-state index contributed by atoms with van der Waals surface area (Å²) in [7, 11) is 1.83. The third-order valence-electron chi connectivity index (χ3n) is 7.85. The minimum atomic E-state index is -0.0383. The summed E-state index contributed by atoms with van der Waals surface area (Å²) >= 11 is 0. The molecule has 4 aliphatic carbocycles. The number of hydrogen-bond donors (Lipinski definition) is 1. The SMILES string of the molecule is Cn1ncc(C(=O)NC2C3CC4CC(C3)CC2C4)c1OCc1ccc(C(C)(C)C)cc1. The molecule has 5 nitrogen and oxygen atoms in total. The third kappa shape index (κ3) is 3.99. The molecule has 0 atom stereocenters. The van der Waals surface area contributed by atoms with E-state index >= 15 is 0 Å². The van der Waals surface area contributed by atoms with Gasteiger partial charge in [0.1, 0.15) is 12.2 Å². The van der Waals surface area contributed by atoms with Crippen LogP contribution in [0.15, 0.2) is 30.5 Å². The van der Waals surface area contributed by atoms with Crippen molar-refractivity contribution in [1.29, 1.82) is 0 Å². The Bertz CT molecular complexity index is 926. The highest BCUT2D eigenvalue weighted by atomic mass is 16.5. The summed E-state index contributed by atoms with van der Waals surface area (Å²) in [6.45, 7) is 7.05. The van der Waals surface area contributed by atoms with Crippen LogP contribution in [0.3, 0.4) is 0 Å². The average molecular weight is 422 g/mol. The van der Waals surface area contributed by atoms with Crippen molar-refractivity contribution in [3.8, 4) is 5.88 Å². The molecule has 1 aromatic carbocycles. The quantitative estimate of drug-likeness (QED) is 0.751. The Morgan fingerprint density at radius 3 is 2.26 bits per heavy atom. The number of aromatic nitrogens is 2. The molecule has 0 unspecified atom stereocenters. The monoisotopic (exact) mass is 421 g/mol. The predicted molar refractivity (Wildman–Crippen MR) is 121 cm³/mol. The number of aryl methyl sites for hydroxylation is 1. The van der Waals surface area contributed by atoms with Gasteiger partial charge in [-0.25, -0.2) is 4.68 Å². The highest BCUT2D eigenvalue weighted by Crippen LogP contribution is 2.53. The first kappa shape index (κ1) is 20.6. The van der Waals surface area contributed by atoms with Gasteiger partial charge >= 0.3 is 0 Å². The molecule has 31 heavy (non-hydrogen) atoms. The number of nitrogens with zero attached hydrogens (tertiary/aromatic N) is 2. The smallest absolute Gasteiger partial charge is 0.258 e. The Labute approximate surface area is 185 Å². The van der Waals surface area contributed by atoms with Gasteiger partial charge in [-0.05, 0) is 72.3 Å². The Balaban J connectivity index is 1.26. The lowest BCUT2D eigenvalue weighted by atomic mass is 9.54. The maximum atomic E-state index is 13.2. The summed E-state index contributed by atoms with van der Waals surface area (Å²) in [5.41, 5.74) is 3.06.